The van der Waals surface area contributed by atoms with Crippen LogP contribution in [0.1, 0.15) is 23.6 Å². The Labute approximate surface area is 150 Å². The molecule has 1 heterocycles. The van der Waals surface area contributed by atoms with E-state index in [1.807, 2.05) is 60.7 Å². The number of nitriles is 1. The first kappa shape index (κ1) is 17.0. The van der Waals surface area contributed by atoms with Crippen LogP contribution in [0, 0.1) is 11.3 Å². The van der Waals surface area contributed by atoms with Gasteiger partial charge in [0.25, 0.3) is 5.56 Å². The number of aromatic nitrogens is 2. The zero-order chi connectivity index (χ0) is 17.6. The smallest absolute Gasteiger partial charge is 0.270 e. The van der Waals surface area contributed by atoms with Gasteiger partial charge in [-0.3, -0.25) is 4.79 Å². The maximum absolute atomic E-state index is 12.3. The number of hydrogen-bond acceptors (Lipinski definition) is 4. The van der Waals surface area contributed by atoms with Gasteiger partial charge in [0.05, 0.1) is 5.69 Å². The van der Waals surface area contributed by atoms with Gasteiger partial charge in [0.2, 0.25) is 0 Å². The molecule has 25 heavy (non-hydrogen) atoms. The molecule has 0 amide bonds. The summed E-state index contributed by atoms with van der Waals surface area (Å²) < 4.78 is 0. The summed E-state index contributed by atoms with van der Waals surface area (Å²) in [4.78, 5) is 19.5. The van der Waals surface area contributed by atoms with Crippen LogP contribution in [-0.4, -0.2) is 9.97 Å². The van der Waals surface area contributed by atoms with E-state index in [9.17, 15) is 10.1 Å². The molecule has 3 aromatic rings. The van der Waals surface area contributed by atoms with Gasteiger partial charge in [0, 0.05) is 11.3 Å². The fraction of sp³-hybridized carbons (Fsp3) is 0.150. The monoisotopic (exact) mass is 347 g/mol. The lowest BCUT2D eigenvalue weighted by Crippen LogP contribution is -2.14. The van der Waals surface area contributed by atoms with E-state index in [-0.39, 0.29) is 5.56 Å². The number of aryl methyl sites for hydroxylation is 1. The number of aromatic amines is 1. The standard InChI is InChI=1S/C20H17N3OS/c1-2-14-8-10-16(11-9-14)18-17(12-21)19(24)23-20(22-18)25-13-15-6-4-3-5-7-15/h3-11H,2,13H2,1H3,(H,22,23,24). The molecule has 0 bridgehead atoms. The van der Waals surface area contributed by atoms with Gasteiger partial charge in [-0.2, -0.15) is 5.26 Å². The summed E-state index contributed by atoms with van der Waals surface area (Å²) in [5.74, 6) is 0.698. The van der Waals surface area contributed by atoms with E-state index < -0.39 is 5.56 Å². The zero-order valence-corrected chi connectivity index (χ0v) is 14.6. The maximum Gasteiger partial charge on any atom is 0.270 e. The Hall–Kier alpha value is -2.84. The van der Waals surface area contributed by atoms with Crippen LogP contribution >= 0.6 is 11.8 Å². The average molecular weight is 347 g/mol. The molecule has 0 atom stereocenters. The Morgan fingerprint density at radius 3 is 2.44 bits per heavy atom. The van der Waals surface area contributed by atoms with Crippen molar-refractivity contribution < 1.29 is 0 Å². The van der Waals surface area contributed by atoms with Gasteiger partial charge in [-0.05, 0) is 17.5 Å². The van der Waals surface area contributed by atoms with Gasteiger partial charge in [0.1, 0.15) is 11.6 Å². The number of nitrogens with zero attached hydrogens (tertiary/aromatic N) is 2. The summed E-state index contributed by atoms with van der Waals surface area (Å²) in [6, 6.07) is 19.8. The summed E-state index contributed by atoms with van der Waals surface area (Å²) in [6.45, 7) is 2.08. The molecule has 0 fully saturated rings. The van der Waals surface area contributed by atoms with Gasteiger partial charge in [-0.25, -0.2) is 4.98 Å². The van der Waals surface area contributed by atoms with Crippen LogP contribution in [0.5, 0.6) is 0 Å². The number of hydrogen-bond donors (Lipinski definition) is 1. The number of thioether (sulfide) groups is 1. The van der Waals surface area contributed by atoms with E-state index >= 15 is 0 Å². The molecule has 0 spiro atoms. The van der Waals surface area contributed by atoms with Crippen LogP contribution in [0.3, 0.4) is 0 Å². The molecule has 2 aromatic carbocycles. The van der Waals surface area contributed by atoms with Crippen molar-refractivity contribution in [3.8, 4) is 17.3 Å². The molecule has 3 rings (SSSR count). The van der Waals surface area contributed by atoms with E-state index in [0.29, 0.717) is 16.6 Å². The SMILES string of the molecule is CCc1ccc(-c2nc(SCc3ccccc3)[nH]c(=O)c2C#N)cc1. The van der Waals surface area contributed by atoms with Crippen molar-refractivity contribution in [3.05, 3.63) is 81.6 Å². The highest BCUT2D eigenvalue weighted by atomic mass is 32.2. The Bertz CT molecular complexity index is 957. The van der Waals surface area contributed by atoms with Gasteiger partial charge >= 0.3 is 0 Å². The van der Waals surface area contributed by atoms with Crippen LogP contribution in [0.25, 0.3) is 11.3 Å². The second kappa shape index (κ2) is 7.82. The normalized spacial score (nSPS) is 10.4. The van der Waals surface area contributed by atoms with E-state index in [0.717, 1.165) is 17.5 Å². The highest BCUT2D eigenvalue weighted by Crippen LogP contribution is 2.24. The minimum atomic E-state index is -0.400. The summed E-state index contributed by atoms with van der Waals surface area (Å²) in [7, 11) is 0. The summed E-state index contributed by atoms with van der Waals surface area (Å²) in [5.41, 5.74) is 3.21. The van der Waals surface area contributed by atoms with Crippen molar-refractivity contribution in [3.63, 3.8) is 0 Å². The lowest BCUT2D eigenvalue weighted by atomic mass is 10.0. The van der Waals surface area contributed by atoms with Crippen LogP contribution in [0.4, 0.5) is 0 Å². The first-order valence-electron chi connectivity index (χ1n) is 8.01. The molecule has 0 radical (unpaired) electrons. The molecular formula is C20H17N3OS. The Balaban J connectivity index is 1.95. The Kier molecular flexibility index (Phi) is 5.32. The summed E-state index contributed by atoms with van der Waals surface area (Å²) in [6.07, 6.45) is 0.937. The van der Waals surface area contributed by atoms with Crippen LogP contribution in [0.15, 0.2) is 64.5 Å². The third-order valence-electron chi connectivity index (χ3n) is 3.86. The largest absolute Gasteiger partial charge is 0.300 e. The molecule has 1 N–H and O–H groups in total. The molecule has 0 saturated heterocycles. The number of nitrogens with one attached hydrogen (secondary N) is 1. The van der Waals surface area contributed by atoms with E-state index in [1.165, 1.54) is 17.3 Å². The Morgan fingerprint density at radius 2 is 1.80 bits per heavy atom. The molecule has 124 valence electrons. The second-order valence-corrected chi connectivity index (χ2v) is 6.50. The predicted octanol–water partition coefficient (Wildman–Crippen LogP) is 4.16. The molecule has 0 aliphatic rings. The minimum absolute atomic E-state index is 0.0494. The van der Waals surface area contributed by atoms with Gasteiger partial charge in [-0.1, -0.05) is 73.3 Å². The van der Waals surface area contributed by atoms with Crippen molar-refractivity contribution in [2.24, 2.45) is 0 Å². The highest BCUT2D eigenvalue weighted by Gasteiger charge is 2.13. The van der Waals surface area contributed by atoms with E-state index in [1.54, 1.807) is 0 Å². The number of benzene rings is 2. The van der Waals surface area contributed by atoms with Crippen molar-refractivity contribution in [2.75, 3.05) is 0 Å². The van der Waals surface area contributed by atoms with Gasteiger partial charge < -0.3 is 4.98 Å². The molecule has 0 saturated carbocycles. The van der Waals surface area contributed by atoms with Gasteiger partial charge in [-0.15, -0.1) is 0 Å². The molecular weight excluding hydrogens is 330 g/mol. The topological polar surface area (TPSA) is 69.5 Å². The average Bonchev–Trinajstić information content (AvgIpc) is 2.67. The molecule has 0 aliphatic heterocycles. The summed E-state index contributed by atoms with van der Waals surface area (Å²) >= 11 is 1.45. The third kappa shape index (κ3) is 3.98. The molecule has 0 unspecified atom stereocenters. The predicted molar refractivity (Wildman–Crippen MR) is 100 cm³/mol. The lowest BCUT2D eigenvalue weighted by molar-refractivity contribution is 0.934. The Morgan fingerprint density at radius 1 is 1.08 bits per heavy atom. The molecule has 4 nitrogen and oxygen atoms in total. The molecule has 5 heteroatoms. The highest BCUT2D eigenvalue weighted by molar-refractivity contribution is 7.98. The second-order valence-electron chi connectivity index (χ2n) is 5.53. The first-order chi connectivity index (χ1) is 12.2. The third-order valence-corrected chi connectivity index (χ3v) is 4.81. The summed E-state index contributed by atoms with van der Waals surface area (Å²) in [5, 5.41) is 9.86. The maximum atomic E-state index is 12.3. The fourth-order valence-corrected chi connectivity index (χ4v) is 3.27. The first-order valence-corrected chi connectivity index (χ1v) is 9.00. The van der Waals surface area contributed by atoms with Crippen molar-refractivity contribution >= 4 is 11.8 Å². The molecule has 1 aromatic heterocycles. The van der Waals surface area contributed by atoms with Crippen LogP contribution < -0.4 is 5.56 Å². The van der Waals surface area contributed by atoms with Crippen molar-refractivity contribution in [1.29, 1.82) is 5.26 Å². The zero-order valence-electron chi connectivity index (χ0n) is 13.8. The number of H-pyrrole nitrogens is 1. The van der Waals surface area contributed by atoms with E-state index in [2.05, 4.69) is 16.9 Å². The lowest BCUT2D eigenvalue weighted by Gasteiger charge is -2.07. The fourth-order valence-electron chi connectivity index (χ4n) is 2.46. The van der Waals surface area contributed by atoms with Gasteiger partial charge in [0.15, 0.2) is 5.16 Å². The van der Waals surface area contributed by atoms with Crippen LogP contribution in [-0.2, 0) is 12.2 Å². The molecule has 0 aliphatic carbocycles. The minimum Gasteiger partial charge on any atom is -0.300 e. The van der Waals surface area contributed by atoms with Crippen molar-refractivity contribution in [1.82, 2.24) is 9.97 Å². The van der Waals surface area contributed by atoms with Crippen LogP contribution in [0.2, 0.25) is 0 Å². The quantitative estimate of drug-likeness (QED) is 0.556. The van der Waals surface area contributed by atoms with E-state index in [4.69, 9.17) is 0 Å². The van der Waals surface area contributed by atoms with Crippen molar-refractivity contribution in [2.45, 2.75) is 24.3 Å². The number of rotatable bonds is 5.